The Labute approximate surface area is 226 Å². The molecule has 8 heteroatoms. The van der Waals surface area contributed by atoms with E-state index in [2.05, 4.69) is 43.6 Å². The van der Waals surface area contributed by atoms with Gasteiger partial charge in [-0.1, -0.05) is 18.2 Å². The van der Waals surface area contributed by atoms with Crippen LogP contribution in [0.2, 0.25) is 0 Å². The maximum atomic E-state index is 14.7. The van der Waals surface area contributed by atoms with Crippen molar-refractivity contribution >= 4 is 27.5 Å². The number of halogens is 1. The minimum absolute atomic E-state index is 0.307. The fourth-order valence-electron chi connectivity index (χ4n) is 5.76. The Balaban J connectivity index is 1.22. The van der Waals surface area contributed by atoms with Crippen LogP contribution in [-0.4, -0.2) is 64.4 Å². The first-order valence-corrected chi connectivity index (χ1v) is 13.7. The van der Waals surface area contributed by atoms with Gasteiger partial charge in [-0.3, -0.25) is 10.00 Å². The van der Waals surface area contributed by atoms with E-state index in [-0.39, 0.29) is 5.82 Å². The number of hydrogen-bond donors (Lipinski definition) is 3. The van der Waals surface area contributed by atoms with Gasteiger partial charge in [0.2, 0.25) is 0 Å². The number of fused-ring (bicyclic) bond motifs is 2. The summed E-state index contributed by atoms with van der Waals surface area (Å²) in [7, 11) is 0. The fraction of sp³-hybridized carbons (Fsp3) is 0.290. The molecule has 0 atom stereocenters. The SMILES string of the molecule is Fc1cc(OCCN2CCCC2)cc(-c2cccc3[nH]c(-c4n[nH]c5ccc(C6=CCNCC6)nc45)cc23)c1. The molecule has 0 unspecified atom stereocenters. The van der Waals surface area contributed by atoms with Crippen LogP contribution in [0, 0.1) is 5.82 Å². The zero-order valence-corrected chi connectivity index (χ0v) is 21.8. The Morgan fingerprint density at radius 1 is 1.00 bits per heavy atom. The number of H-pyrrole nitrogens is 2. The van der Waals surface area contributed by atoms with Crippen molar-refractivity contribution in [2.24, 2.45) is 0 Å². The molecule has 0 aliphatic carbocycles. The van der Waals surface area contributed by atoms with Crippen molar-refractivity contribution in [3.8, 4) is 28.3 Å². The molecule has 0 radical (unpaired) electrons. The van der Waals surface area contributed by atoms with Crippen molar-refractivity contribution in [2.45, 2.75) is 19.3 Å². The van der Waals surface area contributed by atoms with E-state index >= 15 is 0 Å². The van der Waals surface area contributed by atoms with Crippen LogP contribution in [0.15, 0.2) is 60.7 Å². The summed E-state index contributed by atoms with van der Waals surface area (Å²) in [6.07, 6.45) is 5.65. The Hall–Kier alpha value is -4.01. The van der Waals surface area contributed by atoms with Crippen molar-refractivity contribution in [3.63, 3.8) is 0 Å². The van der Waals surface area contributed by atoms with E-state index in [0.29, 0.717) is 12.4 Å². The number of hydrogen-bond acceptors (Lipinski definition) is 5. The third kappa shape index (κ3) is 4.82. The summed E-state index contributed by atoms with van der Waals surface area (Å²) in [5.41, 5.74) is 8.28. The minimum Gasteiger partial charge on any atom is -0.492 e. The zero-order chi connectivity index (χ0) is 26.2. The van der Waals surface area contributed by atoms with Gasteiger partial charge in [-0.15, -0.1) is 0 Å². The second kappa shape index (κ2) is 10.3. The van der Waals surface area contributed by atoms with Crippen LogP contribution in [-0.2, 0) is 0 Å². The summed E-state index contributed by atoms with van der Waals surface area (Å²) in [4.78, 5) is 10.9. The number of pyridine rings is 1. The lowest BCUT2D eigenvalue weighted by atomic mass is 10.0. The lowest BCUT2D eigenvalue weighted by molar-refractivity contribution is 0.237. The first-order chi connectivity index (χ1) is 19.2. The van der Waals surface area contributed by atoms with Gasteiger partial charge >= 0.3 is 0 Å². The van der Waals surface area contributed by atoms with Gasteiger partial charge in [-0.2, -0.15) is 5.10 Å². The molecule has 7 rings (SSSR count). The molecule has 0 amide bonds. The van der Waals surface area contributed by atoms with E-state index in [1.165, 1.54) is 24.5 Å². The highest BCUT2D eigenvalue weighted by atomic mass is 19.1. The lowest BCUT2D eigenvalue weighted by Crippen LogP contribution is -2.25. The van der Waals surface area contributed by atoms with Crippen LogP contribution in [0.4, 0.5) is 4.39 Å². The maximum Gasteiger partial charge on any atom is 0.135 e. The summed E-state index contributed by atoms with van der Waals surface area (Å²) < 4.78 is 20.7. The van der Waals surface area contributed by atoms with Crippen LogP contribution in [0.5, 0.6) is 5.75 Å². The number of likely N-dealkylation sites (tertiary alicyclic amines) is 1. The van der Waals surface area contributed by atoms with Crippen molar-refractivity contribution in [1.82, 2.24) is 30.4 Å². The highest BCUT2D eigenvalue weighted by Crippen LogP contribution is 2.35. The molecule has 7 nitrogen and oxygen atoms in total. The molecule has 3 aromatic heterocycles. The summed E-state index contributed by atoms with van der Waals surface area (Å²) in [6.45, 7) is 5.48. The molecule has 0 bridgehead atoms. The third-order valence-electron chi connectivity index (χ3n) is 7.78. The molecule has 1 saturated heterocycles. The molecule has 0 spiro atoms. The van der Waals surface area contributed by atoms with Gasteiger partial charge < -0.3 is 15.0 Å². The molecular weight excluding hydrogens is 491 g/mol. The highest BCUT2D eigenvalue weighted by molar-refractivity contribution is 6.00. The van der Waals surface area contributed by atoms with Crippen LogP contribution in [0.25, 0.3) is 50.0 Å². The Morgan fingerprint density at radius 3 is 2.79 bits per heavy atom. The molecule has 3 N–H and O–H groups in total. The molecular formula is C31H31FN6O. The van der Waals surface area contributed by atoms with Crippen LogP contribution >= 0.6 is 0 Å². The van der Waals surface area contributed by atoms with Crippen LogP contribution in [0.1, 0.15) is 25.0 Å². The average Bonchev–Trinajstić information content (AvgIpc) is 3.72. The summed E-state index contributed by atoms with van der Waals surface area (Å²) >= 11 is 0. The van der Waals surface area contributed by atoms with E-state index in [0.717, 1.165) is 89.3 Å². The maximum absolute atomic E-state index is 14.7. The zero-order valence-electron chi connectivity index (χ0n) is 21.8. The predicted molar refractivity (Wildman–Crippen MR) is 153 cm³/mol. The average molecular weight is 523 g/mol. The van der Waals surface area contributed by atoms with Gasteiger partial charge in [-0.25, -0.2) is 9.37 Å². The first-order valence-electron chi connectivity index (χ1n) is 13.7. The Morgan fingerprint density at radius 2 is 1.92 bits per heavy atom. The van der Waals surface area contributed by atoms with Gasteiger partial charge in [0.25, 0.3) is 0 Å². The number of nitrogens with one attached hydrogen (secondary N) is 3. The van der Waals surface area contributed by atoms with Gasteiger partial charge in [0, 0.05) is 30.1 Å². The number of nitrogens with zero attached hydrogens (tertiary/aromatic N) is 3. The van der Waals surface area contributed by atoms with Gasteiger partial charge in [-0.05, 0) is 92.0 Å². The molecule has 198 valence electrons. The largest absolute Gasteiger partial charge is 0.492 e. The smallest absolute Gasteiger partial charge is 0.135 e. The van der Waals surface area contributed by atoms with Crippen molar-refractivity contribution < 1.29 is 9.13 Å². The van der Waals surface area contributed by atoms with Crippen LogP contribution in [0.3, 0.4) is 0 Å². The number of aromatic nitrogens is 4. The number of aromatic amines is 2. The Bertz CT molecular complexity index is 1680. The predicted octanol–water partition coefficient (Wildman–Crippen LogP) is 5.76. The van der Waals surface area contributed by atoms with E-state index in [4.69, 9.17) is 9.72 Å². The van der Waals surface area contributed by atoms with E-state index < -0.39 is 0 Å². The molecule has 5 aromatic rings. The summed E-state index contributed by atoms with van der Waals surface area (Å²) in [6, 6.07) is 17.2. The molecule has 1 fully saturated rings. The first kappa shape index (κ1) is 24.1. The minimum atomic E-state index is -0.307. The standard InChI is InChI=1S/C31H31FN6O/c32-22-16-21(17-23(18-22)39-15-14-38-12-1-2-13-38)24-4-3-5-27-25(24)19-29(34-27)31-30-28(36-37-31)7-6-26(35-30)20-8-10-33-11-9-20/h3-8,16-19,33-34H,1-2,9-15H2,(H,36,37). The molecule has 0 saturated carbocycles. The van der Waals surface area contributed by atoms with E-state index in [9.17, 15) is 4.39 Å². The lowest BCUT2D eigenvalue weighted by Gasteiger charge is -2.15. The second-order valence-corrected chi connectivity index (χ2v) is 10.4. The van der Waals surface area contributed by atoms with E-state index in [1.54, 1.807) is 6.07 Å². The molecule has 2 aliphatic heterocycles. The van der Waals surface area contributed by atoms with Crippen molar-refractivity contribution in [2.75, 3.05) is 39.3 Å². The van der Waals surface area contributed by atoms with Gasteiger partial charge in [0.15, 0.2) is 0 Å². The summed E-state index contributed by atoms with van der Waals surface area (Å²) in [5.74, 6) is 0.248. The van der Waals surface area contributed by atoms with Crippen LogP contribution < -0.4 is 10.1 Å². The van der Waals surface area contributed by atoms with Gasteiger partial charge in [0.1, 0.15) is 29.4 Å². The number of ether oxygens (including phenoxy) is 1. The Kier molecular flexibility index (Phi) is 6.34. The number of benzene rings is 2. The van der Waals surface area contributed by atoms with E-state index in [1.807, 2.05) is 30.3 Å². The molecule has 5 heterocycles. The second-order valence-electron chi connectivity index (χ2n) is 10.4. The fourth-order valence-corrected chi connectivity index (χ4v) is 5.76. The third-order valence-corrected chi connectivity index (χ3v) is 7.78. The van der Waals surface area contributed by atoms with Crippen molar-refractivity contribution in [1.29, 1.82) is 0 Å². The van der Waals surface area contributed by atoms with Gasteiger partial charge in [0.05, 0.1) is 16.9 Å². The normalized spacial score (nSPS) is 16.3. The highest BCUT2D eigenvalue weighted by Gasteiger charge is 2.17. The molecule has 2 aliphatic rings. The monoisotopic (exact) mass is 522 g/mol. The van der Waals surface area contributed by atoms with Crippen molar-refractivity contribution in [3.05, 3.63) is 72.2 Å². The molecule has 2 aromatic carbocycles. The quantitative estimate of drug-likeness (QED) is 0.253. The topological polar surface area (TPSA) is 81.9 Å². The number of rotatable bonds is 7. The molecule has 39 heavy (non-hydrogen) atoms. The summed E-state index contributed by atoms with van der Waals surface area (Å²) in [5, 5.41) is 12.1.